The van der Waals surface area contributed by atoms with Gasteiger partial charge in [-0.1, -0.05) is 6.92 Å². The van der Waals surface area contributed by atoms with Gasteiger partial charge >= 0.3 is 11.9 Å². The third kappa shape index (κ3) is 6.33. The van der Waals surface area contributed by atoms with Gasteiger partial charge in [-0.05, 0) is 93.1 Å². The molecule has 8 heteroatoms. The molecule has 0 saturated carbocycles. The highest BCUT2D eigenvalue weighted by Crippen LogP contribution is 2.32. The molecule has 0 radical (unpaired) electrons. The number of benzene rings is 3. The van der Waals surface area contributed by atoms with E-state index < -0.39 is 11.9 Å². The quantitative estimate of drug-likeness (QED) is 0.193. The normalized spacial score (nSPS) is 21.1. The Morgan fingerprint density at radius 3 is 1.63 bits per heavy atom. The molecule has 198 valence electrons. The van der Waals surface area contributed by atoms with Crippen molar-refractivity contribution >= 4 is 11.9 Å². The number of esters is 2. The first-order chi connectivity index (χ1) is 18.3. The highest BCUT2D eigenvalue weighted by atomic mass is 16.6. The summed E-state index contributed by atoms with van der Waals surface area (Å²) < 4.78 is 33.4. The molecule has 8 nitrogen and oxygen atoms in total. The lowest BCUT2D eigenvalue weighted by Crippen LogP contribution is -2.29. The van der Waals surface area contributed by atoms with Crippen LogP contribution in [0.3, 0.4) is 0 Å². The Balaban J connectivity index is 1.11. The molecule has 2 fully saturated rings. The Kier molecular flexibility index (Phi) is 7.35. The van der Waals surface area contributed by atoms with Gasteiger partial charge in [0, 0.05) is 0 Å². The van der Waals surface area contributed by atoms with Crippen LogP contribution in [0.5, 0.6) is 23.0 Å². The second-order valence-corrected chi connectivity index (χ2v) is 9.60. The van der Waals surface area contributed by atoms with Crippen molar-refractivity contribution in [3.8, 4) is 23.0 Å². The summed E-state index contributed by atoms with van der Waals surface area (Å²) >= 11 is 0. The standard InChI is InChI=1S/C30H30O8/c1-4-26(27-17-33-27)36-23-11-7-21(8-12-23)29(32)38-25-15-13-24(14-16-25)37-28(31)20-5-9-22(10-6-20)35-19(2)30(3)18-34-30/h5-16,19,26-27H,4,17-18H2,1-3H3. The zero-order valence-corrected chi connectivity index (χ0v) is 21.5. The van der Waals surface area contributed by atoms with Crippen molar-refractivity contribution in [2.75, 3.05) is 13.2 Å². The SMILES string of the molecule is CCC(Oc1ccc(C(=O)Oc2ccc(OC(=O)c3ccc(OC(C)C4(C)CO4)cc3)cc2)cc1)C1CO1. The fraction of sp³-hybridized carbons (Fsp3) is 0.333. The summed E-state index contributed by atoms with van der Waals surface area (Å²) in [6.07, 6.45) is 0.902. The summed E-state index contributed by atoms with van der Waals surface area (Å²) in [5.41, 5.74) is 0.530. The lowest BCUT2D eigenvalue weighted by atomic mass is 10.1. The van der Waals surface area contributed by atoms with E-state index in [0.717, 1.165) is 13.0 Å². The Labute approximate surface area is 221 Å². The number of carbonyl (C=O) groups is 2. The molecule has 0 N–H and O–H groups in total. The molecule has 2 heterocycles. The van der Waals surface area contributed by atoms with Crippen LogP contribution >= 0.6 is 0 Å². The fourth-order valence-electron chi connectivity index (χ4n) is 3.79. The maximum Gasteiger partial charge on any atom is 0.343 e. The lowest BCUT2D eigenvalue weighted by Gasteiger charge is -2.18. The van der Waals surface area contributed by atoms with Gasteiger partial charge in [-0.2, -0.15) is 0 Å². The summed E-state index contributed by atoms with van der Waals surface area (Å²) in [4.78, 5) is 25.1. The van der Waals surface area contributed by atoms with Gasteiger partial charge in [-0.3, -0.25) is 0 Å². The molecule has 4 unspecified atom stereocenters. The molecule has 3 aromatic rings. The van der Waals surface area contributed by atoms with Crippen LogP contribution in [0.4, 0.5) is 0 Å². The Morgan fingerprint density at radius 2 is 1.24 bits per heavy atom. The topological polar surface area (TPSA) is 96.1 Å². The first-order valence-electron chi connectivity index (χ1n) is 12.7. The largest absolute Gasteiger partial charge is 0.488 e. The van der Waals surface area contributed by atoms with Crippen LogP contribution in [-0.2, 0) is 9.47 Å². The number of carbonyl (C=O) groups excluding carboxylic acids is 2. The molecule has 0 aromatic heterocycles. The van der Waals surface area contributed by atoms with Crippen LogP contribution < -0.4 is 18.9 Å². The van der Waals surface area contributed by atoms with Crippen LogP contribution in [0.25, 0.3) is 0 Å². The van der Waals surface area contributed by atoms with E-state index in [1.807, 2.05) is 20.8 Å². The monoisotopic (exact) mass is 518 g/mol. The van der Waals surface area contributed by atoms with E-state index in [2.05, 4.69) is 0 Å². The molecule has 5 rings (SSSR count). The molecule has 0 spiro atoms. The van der Waals surface area contributed by atoms with Crippen LogP contribution in [0, 0.1) is 0 Å². The van der Waals surface area contributed by atoms with E-state index in [9.17, 15) is 9.59 Å². The first kappa shape index (κ1) is 25.8. The van der Waals surface area contributed by atoms with Crippen molar-refractivity contribution in [2.45, 2.75) is 51.1 Å². The van der Waals surface area contributed by atoms with E-state index in [1.54, 1.807) is 72.8 Å². The minimum atomic E-state index is -0.507. The molecule has 0 bridgehead atoms. The molecular weight excluding hydrogens is 488 g/mol. The Bertz CT molecular complexity index is 1180. The van der Waals surface area contributed by atoms with Crippen molar-refractivity contribution in [2.24, 2.45) is 0 Å². The van der Waals surface area contributed by atoms with Gasteiger partial charge < -0.3 is 28.4 Å². The number of ether oxygens (including phenoxy) is 6. The summed E-state index contributed by atoms with van der Waals surface area (Å²) in [7, 11) is 0. The van der Waals surface area contributed by atoms with Crippen molar-refractivity contribution in [3.63, 3.8) is 0 Å². The summed E-state index contributed by atoms with van der Waals surface area (Å²) in [6.45, 7) is 7.39. The van der Waals surface area contributed by atoms with Crippen molar-refractivity contribution in [3.05, 3.63) is 83.9 Å². The maximum atomic E-state index is 12.5. The first-order valence-corrected chi connectivity index (χ1v) is 12.7. The minimum Gasteiger partial charge on any atom is -0.488 e. The van der Waals surface area contributed by atoms with Gasteiger partial charge in [0.2, 0.25) is 0 Å². The molecule has 38 heavy (non-hydrogen) atoms. The Morgan fingerprint density at radius 1 is 0.816 bits per heavy atom. The molecule has 0 amide bonds. The van der Waals surface area contributed by atoms with Crippen LogP contribution in [0.1, 0.15) is 47.9 Å². The average Bonchev–Trinajstić information content (AvgIpc) is 3.86. The van der Waals surface area contributed by atoms with Gasteiger partial charge in [0.05, 0.1) is 24.3 Å². The number of hydrogen-bond acceptors (Lipinski definition) is 8. The van der Waals surface area contributed by atoms with Gasteiger partial charge in [0.1, 0.15) is 46.9 Å². The van der Waals surface area contributed by atoms with E-state index in [4.69, 9.17) is 28.4 Å². The minimum absolute atomic E-state index is 0.00816. The van der Waals surface area contributed by atoms with E-state index in [0.29, 0.717) is 40.7 Å². The van der Waals surface area contributed by atoms with Gasteiger partial charge in [0.15, 0.2) is 0 Å². The zero-order valence-electron chi connectivity index (χ0n) is 21.5. The summed E-state index contributed by atoms with van der Waals surface area (Å²) in [5, 5.41) is 0. The fourth-order valence-corrected chi connectivity index (χ4v) is 3.79. The van der Waals surface area contributed by atoms with E-state index >= 15 is 0 Å². The molecular formula is C30H30O8. The van der Waals surface area contributed by atoms with Crippen molar-refractivity contribution < 1.29 is 38.0 Å². The second-order valence-electron chi connectivity index (χ2n) is 9.60. The summed E-state index contributed by atoms with van der Waals surface area (Å²) in [6, 6.07) is 19.8. The van der Waals surface area contributed by atoms with E-state index in [1.165, 1.54) is 0 Å². The highest BCUT2D eigenvalue weighted by molar-refractivity contribution is 5.92. The molecule has 0 aliphatic carbocycles. The predicted octanol–water partition coefficient (Wildman–Crippen LogP) is 5.24. The third-order valence-electron chi connectivity index (χ3n) is 6.66. The Hall–Kier alpha value is -3.88. The van der Waals surface area contributed by atoms with Crippen molar-refractivity contribution in [1.29, 1.82) is 0 Å². The lowest BCUT2D eigenvalue weighted by molar-refractivity contribution is 0.0719. The van der Waals surface area contributed by atoms with Gasteiger partial charge in [-0.25, -0.2) is 9.59 Å². The van der Waals surface area contributed by atoms with Crippen LogP contribution in [0.2, 0.25) is 0 Å². The van der Waals surface area contributed by atoms with E-state index in [-0.39, 0.29) is 23.9 Å². The smallest absolute Gasteiger partial charge is 0.343 e. The van der Waals surface area contributed by atoms with Gasteiger partial charge in [0.25, 0.3) is 0 Å². The summed E-state index contributed by atoms with van der Waals surface area (Å²) in [5.74, 6) is 0.974. The molecule has 2 saturated heterocycles. The zero-order chi connectivity index (χ0) is 26.7. The highest BCUT2D eigenvalue weighted by Gasteiger charge is 2.46. The second kappa shape index (κ2) is 10.8. The van der Waals surface area contributed by atoms with Gasteiger partial charge in [-0.15, -0.1) is 0 Å². The van der Waals surface area contributed by atoms with Crippen molar-refractivity contribution in [1.82, 2.24) is 0 Å². The molecule has 4 atom stereocenters. The third-order valence-corrected chi connectivity index (χ3v) is 6.66. The maximum absolute atomic E-state index is 12.5. The van der Waals surface area contributed by atoms with Crippen LogP contribution in [-0.4, -0.2) is 49.1 Å². The molecule has 3 aromatic carbocycles. The number of rotatable bonds is 11. The molecule has 2 aliphatic rings. The number of epoxide rings is 2. The predicted molar refractivity (Wildman–Crippen MR) is 138 cm³/mol. The number of hydrogen-bond donors (Lipinski definition) is 0. The molecule has 2 aliphatic heterocycles. The average molecular weight is 519 g/mol. The van der Waals surface area contributed by atoms with Crippen LogP contribution in [0.15, 0.2) is 72.8 Å².